The van der Waals surface area contributed by atoms with Crippen molar-refractivity contribution in [2.75, 3.05) is 26.2 Å². The molecule has 2 aromatic rings. The van der Waals surface area contributed by atoms with Gasteiger partial charge in [0.2, 0.25) is 5.62 Å². The molecule has 0 spiro atoms. The van der Waals surface area contributed by atoms with Gasteiger partial charge in [-0.05, 0) is 49.9 Å². The highest BCUT2D eigenvalue weighted by atomic mass is 16.5. The van der Waals surface area contributed by atoms with Crippen LogP contribution in [0.4, 0.5) is 0 Å². The van der Waals surface area contributed by atoms with E-state index in [1.165, 1.54) is 19.3 Å². The topological polar surface area (TPSA) is 132 Å². The van der Waals surface area contributed by atoms with E-state index in [2.05, 4.69) is 27.4 Å². The van der Waals surface area contributed by atoms with Crippen LogP contribution in [-0.2, 0) is 13.1 Å². The number of guanidine groups is 1. The van der Waals surface area contributed by atoms with Crippen molar-refractivity contribution in [2.45, 2.75) is 64.5 Å². The summed E-state index contributed by atoms with van der Waals surface area (Å²) in [6.45, 7) is 4.89. The number of hydrogen-bond donors (Lipinski definition) is 4. The van der Waals surface area contributed by atoms with Gasteiger partial charge in [-0.1, -0.05) is 25.7 Å². The number of rotatable bonds is 15. The van der Waals surface area contributed by atoms with Crippen molar-refractivity contribution in [2.24, 2.45) is 21.5 Å². The summed E-state index contributed by atoms with van der Waals surface area (Å²) in [4.78, 5) is 8.53. The molecule has 0 amide bonds. The summed E-state index contributed by atoms with van der Waals surface area (Å²) in [5.74, 6) is 2.02. The van der Waals surface area contributed by atoms with E-state index in [0.29, 0.717) is 12.2 Å². The van der Waals surface area contributed by atoms with Gasteiger partial charge >= 0.3 is 0 Å². The number of nitrogens with one attached hydrogen (secondary N) is 2. The molecule has 1 aliphatic heterocycles. The molecular formula is C25H40N8O. The Labute approximate surface area is 202 Å². The lowest BCUT2D eigenvalue weighted by molar-refractivity contribution is 0.300. The Bertz CT molecular complexity index is 970. The lowest BCUT2D eigenvalue weighted by atomic mass is 10.1. The van der Waals surface area contributed by atoms with E-state index in [0.717, 1.165) is 82.0 Å². The highest BCUT2D eigenvalue weighted by Crippen LogP contribution is 2.14. The monoisotopic (exact) mass is 468 g/mol. The van der Waals surface area contributed by atoms with E-state index in [4.69, 9.17) is 21.6 Å². The fourth-order valence-corrected chi connectivity index (χ4v) is 4.00. The maximum Gasteiger partial charge on any atom is 0.202 e. The molecule has 0 saturated heterocycles. The lowest BCUT2D eigenvalue weighted by Crippen LogP contribution is -2.30. The average molecular weight is 469 g/mol. The van der Waals surface area contributed by atoms with E-state index in [-0.39, 0.29) is 5.96 Å². The summed E-state index contributed by atoms with van der Waals surface area (Å²) in [6.07, 6.45) is 12.8. The summed E-state index contributed by atoms with van der Waals surface area (Å²) in [5, 5.41) is 11.7. The second-order valence-electron chi connectivity index (χ2n) is 8.67. The zero-order valence-corrected chi connectivity index (χ0v) is 20.2. The van der Waals surface area contributed by atoms with Crippen molar-refractivity contribution in [1.29, 1.82) is 5.41 Å². The summed E-state index contributed by atoms with van der Waals surface area (Å²) >= 11 is 0. The number of aliphatic imine (C=N–C) groups is 2. The van der Waals surface area contributed by atoms with Crippen molar-refractivity contribution in [3.05, 3.63) is 47.8 Å². The van der Waals surface area contributed by atoms with Gasteiger partial charge in [-0.3, -0.25) is 15.4 Å². The van der Waals surface area contributed by atoms with Crippen molar-refractivity contribution < 1.29 is 4.74 Å². The van der Waals surface area contributed by atoms with Crippen molar-refractivity contribution in [3.8, 4) is 5.75 Å². The van der Waals surface area contributed by atoms with Gasteiger partial charge in [0.05, 0.1) is 6.61 Å². The Kier molecular flexibility index (Phi) is 10.5. The predicted octanol–water partition coefficient (Wildman–Crippen LogP) is 2.59. The summed E-state index contributed by atoms with van der Waals surface area (Å²) < 4.78 is 9.91. The molecule has 1 aromatic heterocycles. The summed E-state index contributed by atoms with van der Waals surface area (Å²) in [5.41, 5.74) is 12.3. The van der Waals surface area contributed by atoms with Gasteiger partial charge in [0, 0.05) is 50.7 Å². The van der Waals surface area contributed by atoms with Gasteiger partial charge in [0.25, 0.3) is 0 Å². The molecule has 1 aliphatic rings. The van der Waals surface area contributed by atoms with Crippen LogP contribution < -0.4 is 27.1 Å². The van der Waals surface area contributed by atoms with E-state index >= 15 is 0 Å². The van der Waals surface area contributed by atoms with Crippen LogP contribution >= 0.6 is 0 Å². The number of unbranched alkanes of at least 4 members (excludes halogenated alkanes) is 5. The molecule has 0 saturated carbocycles. The first-order chi connectivity index (χ1) is 16.6. The van der Waals surface area contributed by atoms with Crippen molar-refractivity contribution >= 4 is 11.8 Å². The van der Waals surface area contributed by atoms with Crippen LogP contribution in [0.25, 0.3) is 0 Å². The van der Waals surface area contributed by atoms with Crippen LogP contribution in [0.1, 0.15) is 56.9 Å². The fraction of sp³-hybridized carbons (Fsp3) is 0.560. The summed E-state index contributed by atoms with van der Waals surface area (Å²) in [7, 11) is 0. The van der Waals surface area contributed by atoms with Crippen molar-refractivity contribution in [1.82, 2.24) is 14.5 Å². The van der Waals surface area contributed by atoms with Crippen molar-refractivity contribution in [3.63, 3.8) is 0 Å². The molecule has 0 bridgehead atoms. The number of aryl methyl sites for hydroxylation is 2. The maximum absolute atomic E-state index is 8.41. The first kappa shape index (κ1) is 25.4. The molecule has 2 heterocycles. The lowest BCUT2D eigenvalue weighted by Gasteiger charge is -2.15. The number of hydrogen-bond acceptors (Lipinski definition) is 5. The van der Waals surface area contributed by atoms with Gasteiger partial charge in [0.15, 0.2) is 5.96 Å². The normalized spacial score (nSPS) is 13.2. The number of benzene rings is 1. The Morgan fingerprint density at radius 2 is 1.65 bits per heavy atom. The second kappa shape index (κ2) is 14.1. The predicted molar refractivity (Wildman–Crippen MR) is 137 cm³/mol. The summed E-state index contributed by atoms with van der Waals surface area (Å²) in [6, 6.07) is 8.10. The third-order valence-electron chi connectivity index (χ3n) is 5.91. The zero-order chi connectivity index (χ0) is 24.0. The van der Waals surface area contributed by atoms with E-state index in [1.54, 1.807) is 0 Å². The smallest absolute Gasteiger partial charge is 0.202 e. The van der Waals surface area contributed by atoms with Crippen LogP contribution in [0, 0.1) is 5.41 Å². The maximum atomic E-state index is 8.41. The fourth-order valence-electron chi connectivity index (χ4n) is 4.00. The molecule has 0 radical (unpaired) electrons. The molecule has 6 N–H and O–H groups in total. The van der Waals surface area contributed by atoms with Gasteiger partial charge in [-0.2, -0.15) is 0 Å². The quantitative estimate of drug-likeness (QED) is 0.182. The zero-order valence-electron chi connectivity index (χ0n) is 20.2. The van der Waals surface area contributed by atoms with Crippen LogP contribution in [0.3, 0.4) is 0 Å². The average Bonchev–Trinajstić information content (AvgIpc) is 3.20. The third-order valence-corrected chi connectivity index (χ3v) is 5.91. The molecular weight excluding hydrogens is 428 g/mol. The van der Waals surface area contributed by atoms with Gasteiger partial charge in [-0.25, -0.2) is 0 Å². The molecule has 186 valence electrons. The molecule has 0 atom stereocenters. The number of aromatic nitrogens is 2. The van der Waals surface area contributed by atoms with Crippen LogP contribution in [0.15, 0.2) is 46.6 Å². The largest absolute Gasteiger partial charge is 0.494 e. The highest BCUT2D eigenvalue weighted by Gasteiger charge is 2.07. The minimum atomic E-state index is 0.177. The Hall–Kier alpha value is -3.23. The molecule has 9 nitrogen and oxygen atoms in total. The third kappa shape index (κ3) is 8.61. The van der Waals surface area contributed by atoms with Crippen LogP contribution in [-0.4, -0.2) is 47.2 Å². The van der Waals surface area contributed by atoms with E-state index < -0.39 is 0 Å². The van der Waals surface area contributed by atoms with Crippen LogP contribution in [0.5, 0.6) is 5.75 Å². The Balaban J connectivity index is 1.28. The first-order valence-electron chi connectivity index (χ1n) is 12.5. The first-order valence-corrected chi connectivity index (χ1v) is 12.5. The number of imidazole rings is 1. The number of nitrogens with two attached hydrogens (primary N) is 2. The minimum Gasteiger partial charge on any atom is -0.494 e. The minimum absolute atomic E-state index is 0.177. The second-order valence-corrected chi connectivity index (χ2v) is 8.67. The van der Waals surface area contributed by atoms with Crippen LogP contribution in [0.2, 0.25) is 0 Å². The van der Waals surface area contributed by atoms with E-state index in [9.17, 15) is 0 Å². The molecule has 0 unspecified atom stereocenters. The molecule has 34 heavy (non-hydrogen) atoms. The molecule has 0 aliphatic carbocycles. The Morgan fingerprint density at radius 3 is 2.32 bits per heavy atom. The van der Waals surface area contributed by atoms with Gasteiger partial charge in [0.1, 0.15) is 11.6 Å². The van der Waals surface area contributed by atoms with E-state index in [1.807, 2.05) is 33.7 Å². The number of ether oxygens (including phenoxy) is 1. The SMILES string of the molecule is N=c1n(CCCCCCCCN=C(N)N)ccn1CCCOc1ccc(C2=NCCCN2)cc1. The number of nitrogens with zero attached hydrogens (tertiary/aromatic N) is 4. The molecule has 1 aromatic carbocycles. The standard InChI is InChI=1S/C25H40N8O/c26-24(27)31-13-5-3-1-2-4-6-16-32-18-19-33(25(32)28)17-8-20-34-22-11-9-21(10-12-22)23-29-14-7-15-30-23/h9-12,18-19,28H,1-8,13-17,20H2,(H,29,30)(H4,26,27,31). The van der Waals surface area contributed by atoms with Gasteiger partial charge in [-0.15, -0.1) is 0 Å². The Morgan fingerprint density at radius 1 is 0.971 bits per heavy atom. The molecule has 3 rings (SSSR count). The number of amidine groups is 1. The van der Waals surface area contributed by atoms with Gasteiger partial charge < -0.3 is 30.7 Å². The molecule has 0 fully saturated rings. The molecule has 9 heteroatoms. The highest BCUT2D eigenvalue weighted by molar-refractivity contribution is 5.99.